The van der Waals surface area contributed by atoms with Gasteiger partial charge < -0.3 is 15.6 Å². The Morgan fingerprint density at radius 1 is 1.50 bits per heavy atom. The van der Waals surface area contributed by atoms with Gasteiger partial charge in [0.2, 0.25) is 0 Å². The van der Waals surface area contributed by atoms with Crippen molar-refractivity contribution in [2.45, 2.75) is 12.3 Å². The van der Waals surface area contributed by atoms with Crippen LogP contribution in [0, 0.1) is 0 Å². The molecular formula is C11H17NO2. The SMILES string of the molecule is COc1cccc(C(C)(CN)CO)c1. The van der Waals surface area contributed by atoms with Crippen LogP contribution in [0.2, 0.25) is 0 Å². The predicted octanol–water partition coefficient (Wildman–Crippen LogP) is 0.904. The molecule has 0 aliphatic carbocycles. The quantitative estimate of drug-likeness (QED) is 0.750. The van der Waals surface area contributed by atoms with E-state index in [2.05, 4.69) is 0 Å². The summed E-state index contributed by atoms with van der Waals surface area (Å²) in [5, 5.41) is 9.28. The van der Waals surface area contributed by atoms with Gasteiger partial charge >= 0.3 is 0 Å². The summed E-state index contributed by atoms with van der Waals surface area (Å²) in [7, 11) is 1.62. The summed E-state index contributed by atoms with van der Waals surface area (Å²) < 4.78 is 5.12. The predicted molar refractivity (Wildman–Crippen MR) is 56.5 cm³/mol. The summed E-state index contributed by atoms with van der Waals surface area (Å²) >= 11 is 0. The lowest BCUT2D eigenvalue weighted by atomic mass is 9.83. The molecule has 0 saturated heterocycles. The minimum Gasteiger partial charge on any atom is -0.497 e. The molecule has 3 heteroatoms. The van der Waals surface area contributed by atoms with Crippen molar-refractivity contribution in [3.05, 3.63) is 29.8 Å². The van der Waals surface area contributed by atoms with Crippen LogP contribution in [0.25, 0.3) is 0 Å². The number of hydrogen-bond acceptors (Lipinski definition) is 3. The van der Waals surface area contributed by atoms with Crippen LogP contribution in [0.4, 0.5) is 0 Å². The Morgan fingerprint density at radius 3 is 2.71 bits per heavy atom. The first-order chi connectivity index (χ1) is 6.66. The van der Waals surface area contributed by atoms with Crippen molar-refractivity contribution < 1.29 is 9.84 Å². The summed E-state index contributed by atoms with van der Waals surface area (Å²) in [5.74, 6) is 0.788. The average Bonchev–Trinajstić information content (AvgIpc) is 2.28. The van der Waals surface area contributed by atoms with Gasteiger partial charge in [-0.3, -0.25) is 0 Å². The minimum atomic E-state index is -0.380. The van der Waals surface area contributed by atoms with Crippen molar-refractivity contribution in [3.8, 4) is 5.75 Å². The van der Waals surface area contributed by atoms with Gasteiger partial charge in [-0.2, -0.15) is 0 Å². The number of hydrogen-bond donors (Lipinski definition) is 2. The summed E-state index contributed by atoms with van der Waals surface area (Å²) in [6, 6.07) is 7.63. The van der Waals surface area contributed by atoms with E-state index in [4.69, 9.17) is 10.5 Å². The topological polar surface area (TPSA) is 55.5 Å². The zero-order valence-electron chi connectivity index (χ0n) is 8.66. The first kappa shape index (κ1) is 11.0. The fourth-order valence-electron chi connectivity index (χ4n) is 1.27. The second kappa shape index (κ2) is 4.44. The van der Waals surface area contributed by atoms with Crippen molar-refractivity contribution in [2.75, 3.05) is 20.3 Å². The summed E-state index contributed by atoms with van der Waals surface area (Å²) in [6.45, 7) is 2.38. The molecule has 14 heavy (non-hydrogen) atoms. The van der Waals surface area contributed by atoms with Crippen molar-refractivity contribution in [2.24, 2.45) is 5.73 Å². The molecule has 0 spiro atoms. The van der Waals surface area contributed by atoms with Gasteiger partial charge in [0.25, 0.3) is 0 Å². The van der Waals surface area contributed by atoms with Crippen LogP contribution < -0.4 is 10.5 Å². The smallest absolute Gasteiger partial charge is 0.119 e. The Bertz CT molecular complexity index is 295. The second-order valence-corrected chi connectivity index (χ2v) is 3.65. The zero-order valence-corrected chi connectivity index (χ0v) is 8.66. The van der Waals surface area contributed by atoms with Gasteiger partial charge in [-0.05, 0) is 17.7 Å². The molecule has 0 fully saturated rings. The normalized spacial score (nSPS) is 14.9. The van der Waals surface area contributed by atoms with Crippen molar-refractivity contribution >= 4 is 0 Å². The highest BCUT2D eigenvalue weighted by Crippen LogP contribution is 2.25. The summed E-state index contributed by atoms with van der Waals surface area (Å²) in [5.41, 5.74) is 6.26. The van der Waals surface area contributed by atoms with E-state index in [9.17, 15) is 5.11 Å². The van der Waals surface area contributed by atoms with Crippen LogP contribution in [-0.2, 0) is 5.41 Å². The number of aliphatic hydroxyl groups is 1. The first-order valence-corrected chi connectivity index (χ1v) is 4.62. The molecule has 1 rings (SSSR count). The molecule has 78 valence electrons. The van der Waals surface area contributed by atoms with Crippen LogP contribution in [-0.4, -0.2) is 25.4 Å². The van der Waals surface area contributed by atoms with Gasteiger partial charge in [-0.25, -0.2) is 0 Å². The number of ether oxygens (including phenoxy) is 1. The van der Waals surface area contributed by atoms with Crippen LogP contribution in [0.1, 0.15) is 12.5 Å². The van der Waals surface area contributed by atoms with Gasteiger partial charge in [0.15, 0.2) is 0 Å². The van der Waals surface area contributed by atoms with Crippen LogP contribution >= 0.6 is 0 Å². The number of methoxy groups -OCH3 is 1. The van der Waals surface area contributed by atoms with E-state index in [0.29, 0.717) is 6.54 Å². The zero-order chi connectivity index (χ0) is 10.6. The molecule has 0 aliphatic rings. The second-order valence-electron chi connectivity index (χ2n) is 3.65. The third-order valence-electron chi connectivity index (χ3n) is 2.57. The molecule has 0 aromatic heterocycles. The van der Waals surface area contributed by atoms with Gasteiger partial charge in [-0.15, -0.1) is 0 Å². The van der Waals surface area contributed by atoms with E-state index in [0.717, 1.165) is 11.3 Å². The molecule has 0 bridgehead atoms. The summed E-state index contributed by atoms with van der Waals surface area (Å²) in [6.07, 6.45) is 0. The van der Waals surface area contributed by atoms with Crippen LogP contribution in [0.5, 0.6) is 5.75 Å². The van der Waals surface area contributed by atoms with E-state index in [-0.39, 0.29) is 12.0 Å². The molecule has 0 heterocycles. The van der Waals surface area contributed by atoms with Crippen molar-refractivity contribution in [1.82, 2.24) is 0 Å². The van der Waals surface area contributed by atoms with Crippen molar-refractivity contribution in [1.29, 1.82) is 0 Å². The number of nitrogens with two attached hydrogens (primary N) is 1. The molecule has 3 nitrogen and oxygen atoms in total. The van der Waals surface area contributed by atoms with Gasteiger partial charge in [0, 0.05) is 12.0 Å². The maximum atomic E-state index is 9.28. The lowest BCUT2D eigenvalue weighted by Crippen LogP contribution is -2.35. The van der Waals surface area contributed by atoms with E-state index >= 15 is 0 Å². The maximum absolute atomic E-state index is 9.28. The third-order valence-corrected chi connectivity index (χ3v) is 2.57. The molecule has 0 amide bonds. The molecule has 3 N–H and O–H groups in total. The number of benzene rings is 1. The van der Waals surface area contributed by atoms with Gasteiger partial charge in [0.05, 0.1) is 13.7 Å². The molecule has 1 atom stereocenters. The average molecular weight is 195 g/mol. The number of rotatable bonds is 4. The van der Waals surface area contributed by atoms with E-state index in [1.165, 1.54) is 0 Å². The van der Waals surface area contributed by atoms with Gasteiger partial charge in [-0.1, -0.05) is 19.1 Å². The summed E-state index contributed by atoms with van der Waals surface area (Å²) in [4.78, 5) is 0. The number of aliphatic hydroxyl groups excluding tert-OH is 1. The van der Waals surface area contributed by atoms with E-state index in [1.807, 2.05) is 31.2 Å². The molecule has 1 aromatic carbocycles. The minimum absolute atomic E-state index is 0.0384. The largest absolute Gasteiger partial charge is 0.497 e. The standard InChI is InChI=1S/C11H17NO2/c1-11(7-12,8-13)9-4-3-5-10(6-9)14-2/h3-6,13H,7-8,12H2,1-2H3. The highest BCUT2D eigenvalue weighted by atomic mass is 16.5. The van der Waals surface area contributed by atoms with Crippen LogP contribution in [0.15, 0.2) is 24.3 Å². The van der Waals surface area contributed by atoms with Gasteiger partial charge in [0.1, 0.15) is 5.75 Å². The Balaban J connectivity index is 3.04. The lowest BCUT2D eigenvalue weighted by molar-refractivity contribution is 0.210. The highest BCUT2D eigenvalue weighted by molar-refractivity contribution is 5.33. The molecule has 0 saturated carbocycles. The highest BCUT2D eigenvalue weighted by Gasteiger charge is 2.24. The monoisotopic (exact) mass is 195 g/mol. The van der Waals surface area contributed by atoms with E-state index in [1.54, 1.807) is 7.11 Å². The van der Waals surface area contributed by atoms with Crippen LogP contribution in [0.3, 0.4) is 0 Å². The Labute approximate surface area is 84.5 Å². The fraction of sp³-hybridized carbons (Fsp3) is 0.455. The van der Waals surface area contributed by atoms with Crippen molar-refractivity contribution in [3.63, 3.8) is 0 Å². The lowest BCUT2D eigenvalue weighted by Gasteiger charge is -2.26. The molecule has 0 aliphatic heterocycles. The van der Waals surface area contributed by atoms with E-state index < -0.39 is 0 Å². The Morgan fingerprint density at radius 2 is 2.21 bits per heavy atom. The molecular weight excluding hydrogens is 178 g/mol. The maximum Gasteiger partial charge on any atom is 0.119 e. The third kappa shape index (κ3) is 2.05. The fourth-order valence-corrected chi connectivity index (χ4v) is 1.27. The molecule has 0 radical (unpaired) electrons. The molecule has 1 aromatic rings. The first-order valence-electron chi connectivity index (χ1n) is 4.62. The molecule has 1 unspecified atom stereocenters. The Kier molecular flexibility index (Phi) is 3.49. The Hall–Kier alpha value is -1.06.